The fraction of sp³-hybridized carbons (Fsp3) is 0.390. The molecule has 2 aliphatic rings. The van der Waals surface area contributed by atoms with Gasteiger partial charge in [0.1, 0.15) is 0 Å². The van der Waals surface area contributed by atoms with E-state index >= 15 is 0 Å². The molecule has 2 aliphatic heterocycles. The van der Waals surface area contributed by atoms with Crippen molar-refractivity contribution in [2.24, 2.45) is 0 Å². The lowest BCUT2D eigenvalue weighted by atomic mass is 10.0. The van der Waals surface area contributed by atoms with Crippen LogP contribution in [-0.4, -0.2) is 93.2 Å². The molecule has 288 valence electrons. The van der Waals surface area contributed by atoms with Gasteiger partial charge >= 0.3 is 12.4 Å². The minimum absolute atomic E-state index is 0.0426. The van der Waals surface area contributed by atoms with Crippen LogP contribution >= 0.6 is 0 Å². The Bertz CT molecular complexity index is 1650. The van der Waals surface area contributed by atoms with Crippen molar-refractivity contribution in [1.82, 2.24) is 9.80 Å². The van der Waals surface area contributed by atoms with Crippen LogP contribution in [0.5, 0.6) is 0 Å². The van der Waals surface area contributed by atoms with Crippen LogP contribution in [-0.2, 0) is 39.8 Å². The number of benzene rings is 4. The summed E-state index contributed by atoms with van der Waals surface area (Å²) in [4.78, 5) is 22.2. The Morgan fingerprint density at radius 2 is 0.833 bits per heavy atom. The quantitative estimate of drug-likeness (QED) is 0.124. The molecule has 4 aromatic carbocycles. The Hall–Kier alpha value is -4.43. The number of Topliss-reactive ketones (excluding diaryl/α,β-unsaturated/α-hetero) is 1. The Balaban J connectivity index is 1.21. The molecule has 2 heterocycles. The molecule has 0 N–H and O–H groups in total. The molecule has 0 spiro atoms. The topological polar surface area (TPSA) is 48.5 Å². The molecule has 0 radical (unpaired) electrons. The number of ketones is 1. The highest BCUT2D eigenvalue weighted by Crippen LogP contribution is 2.38. The molecule has 4 aromatic rings. The number of rotatable bonds is 14. The summed E-state index contributed by atoms with van der Waals surface area (Å²) in [6.07, 6.45) is -9.02. The minimum Gasteiger partial charge on any atom is -0.375 e. The molecular formula is C41H44F6N4O3. The molecule has 2 fully saturated rings. The van der Waals surface area contributed by atoms with Gasteiger partial charge < -0.3 is 19.3 Å². The summed E-state index contributed by atoms with van der Waals surface area (Å²) in [6, 6.07) is 28.6. The highest BCUT2D eigenvalue weighted by atomic mass is 19.4. The third kappa shape index (κ3) is 10.0. The van der Waals surface area contributed by atoms with E-state index in [0.717, 1.165) is 23.3 Å². The maximum atomic E-state index is 14.8. The molecule has 54 heavy (non-hydrogen) atoms. The zero-order chi connectivity index (χ0) is 38.1. The molecule has 0 saturated carbocycles. The Morgan fingerprint density at radius 1 is 0.500 bits per heavy atom. The molecule has 0 aromatic heterocycles. The lowest BCUT2D eigenvalue weighted by Gasteiger charge is -2.44. The van der Waals surface area contributed by atoms with Gasteiger partial charge in [-0.25, -0.2) is 0 Å². The minimum atomic E-state index is -4.51. The number of carbonyl (C=O) groups excluding carboxylic acids is 1. The number of ether oxygens (including phenoxy) is 2. The van der Waals surface area contributed by atoms with Crippen molar-refractivity contribution in [3.05, 3.63) is 131 Å². The predicted molar refractivity (Wildman–Crippen MR) is 195 cm³/mol. The van der Waals surface area contributed by atoms with E-state index in [2.05, 4.69) is 0 Å². The number of anilines is 2. The molecule has 13 heteroatoms. The molecule has 2 atom stereocenters. The summed E-state index contributed by atoms with van der Waals surface area (Å²) in [6.45, 7) is 2.93. The first-order valence-electron chi connectivity index (χ1n) is 18.1. The van der Waals surface area contributed by atoms with Gasteiger partial charge in [-0.15, -0.1) is 0 Å². The molecule has 6 rings (SSSR count). The van der Waals surface area contributed by atoms with E-state index < -0.39 is 35.6 Å². The molecule has 2 unspecified atom stereocenters. The standard InChI is InChI=1S/C41H44F6N4O3/c42-40(43,44)33-15-7-9-17-35(33)48-19-23-50(24-20-48)37(29-53-27-31-11-3-1-4-12-31)39(52)38(30-54-28-32-13-5-2-6-14-32)51-25-21-49(22-26-51)36-18-10-8-16-34(36)41(45,46)47/h1-18,37-38H,19-30H2. The van der Waals surface area contributed by atoms with Crippen LogP contribution in [0.4, 0.5) is 37.7 Å². The molecular weight excluding hydrogens is 710 g/mol. The molecule has 0 aliphatic carbocycles. The van der Waals surface area contributed by atoms with Crippen molar-refractivity contribution >= 4 is 17.2 Å². The summed E-state index contributed by atoms with van der Waals surface area (Å²) in [5, 5.41) is 0. The third-order valence-corrected chi connectivity index (χ3v) is 10.0. The van der Waals surface area contributed by atoms with Crippen LogP contribution < -0.4 is 9.80 Å². The summed E-state index contributed by atoms with van der Waals surface area (Å²) in [5.41, 5.74) is 0.648. The Kier molecular flexibility index (Phi) is 12.9. The predicted octanol–water partition coefficient (Wildman–Crippen LogP) is 7.41. The van der Waals surface area contributed by atoms with Gasteiger partial charge in [0, 0.05) is 63.7 Å². The lowest BCUT2D eigenvalue weighted by Crippen LogP contribution is -2.61. The highest BCUT2D eigenvalue weighted by Gasteiger charge is 2.40. The summed E-state index contributed by atoms with van der Waals surface area (Å²) in [5.74, 6) is -0.163. The first kappa shape index (κ1) is 39.3. The summed E-state index contributed by atoms with van der Waals surface area (Å²) >= 11 is 0. The monoisotopic (exact) mass is 754 g/mol. The number of alkyl halides is 6. The zero-order valence-electron chi connectivity index (χ0n) is 29.8. The Labute approximate surface area is 311 Å². The average molecular weight is 755 g/mol. The smallest absolute Gasteiger partial charge is 0.375 e. The van der Waals surface area contributed by atoms with Crippen molar-refractivity contribution in [2.45, 2.75) is 37.7 Å². The zero-order valence-corrected chi connectivity index (χ0v) is 29.8. The van der Waals surface area contributed by atoms with Crippen LogP contribution in [0.3, 0.4) is 0 Å². The van der Waals surface area contributed by atoms with Crippen molar-refractivity contribution in [1.29, 1.82) is 0 Å². The maximum absolute atomic E-state index is 14.8. The van der Waals surface area contributed by atoms with Gasteiger partial charge in [0.2, 0.25) is 0 Å². The van der Waals surface area contributed by atoms with E-state index in [4.69, 9.17) is 9.47 Å². The van der Waals surface area contributed by atoms with E-state index in [1.807, 2.05) is 70.5 Å². The summed E-state index contributed by atoms with van der Waals surface area (Å²) in [7, 11) is 0. The summed E-state index contributed by atoms with van der Waals surface area (Å²) < 4.78 is 95.7. The van der Waals surface area contributed by atoms with Gasteiger partial charge in [-0.2, -0.15) is 26.3 Å². The van der Waals surface area contributed by atoms with Crippen molar-refractivity contribution in [3.63, 3.8) is 0 Å². The Morgan fingerprint density at radius 3 is 1.19 bits per heavy atom. The number of hydrogen-bond donors (Lipinski definition) is 0. The fourth-order valence-corrected chi connectivity index (χ4v) is 7.21. The fourth-order valence-electron chi connectivity index (χ4n) is 7.21. The van der Waals surface area contributed by atoms with Crippen LogP contribution in [0.15, 0.2) is 109 Å². The second-order valence-electron chi connectivity index (χ2n) is 13.5. The molecule has 0 amide bonds. The number of halogens is 6. The number of hydrogen-bond acceptors (Lipinski definition) is 7. The van der Waals surface area contributed by atoms with E-state index in [1.54, 1.807) is 21.9 Å². The van der Waals surface area contributed by atoms with Crippen molar-refractivity contribution < 1.29 is 40.6 Å². The SMILES string of the molecule is O=C(C(COCc1ccccc1)N1CCN(c2ccccc2C(F)(F)F)CC1)C(COCc1ccccc1)N1CCN(c2ccccc2C(F)(F)F)CC1. The molecule has 0 bridgehead atoms. The van der Waals surface area contributed by atoms with Crippen LogP contribution in [0.1, 0.15) is 22.3 Å². The van der Waals surface area contributed by atoms with Crippen LogP contribution in [0.25, 0.3) is 0 Å². The lowest BCUT2D eigenvalue weighted by molar-refractivity contribution is -0.138. The van der Waals surface area contributed by atoms with Gasteiger partial charge in [-0.3, -0.25) is 14.6 Å². The molecule has 7 nitrogen and oxygen atoms in total. The first-order valence-corrected chi connectivity index (χ1v) is 18.1. The van der Waals surface area contributed by atoms with E-state index in [9.17, 15) is 31.1 Å². The largest absolute Gasteiger partial charge is 0.418 e. The molecule has 2 saturated heterocycles. The highest BCUT2D eigenvalue weighted by molar-refractivity contribution is 5.89. The maximum Gasteiger partial charge on any atom is 0.418 e. The first-order chi connectivity index (χ1) is 26.0. The van der Waals surface area contributed by atoms with Crippen molar-refractivity contribution in [3.8, 4) is 0 Å². The van der Waals surface area contributed by atoms with E-state index in [-0.39, 0.29) is 69.8 Å². The number of nitrogens with zero attached hydrogens (tertiary/aromatic N) is 4. The number of carbonyl (C=O) groups is 1. The average Bonchev–Trinajstić information content (AvgIpc) is 3.18. The van der Waals surface area contributed by atoms with Gasteiger partial charge in [-0.1, -0.05) is 84.9 Å². The number of para-hydroxylation sites is 2. The second kappa shape index (κ2) is 17.8. The van der Waals surface area contributed by atoms with E-state index in [0.29, 0.717) is 26.2 Å². The van der Waals surface area contributed by atoms with Crippen molar-refractivity contribution in [2.75, 3.05) is 75.4 Å². The number of piperazine rings is 2. The van der Waals surface area contributed by atoms with Crippen LogP contribution in [0, 0.1) is 0 Å². The van der Waals surface area contributed by atoms with Gasteiger partial charge in [0.25, 0.3) is 0 Å². The van der Waals surface area contributed by atoms with Gasteiger partial charge in [0.15, 0.2) is 5.78 Å². The second-order valence-corrected chi connectivity index (χ2v) is 13.5. The van der Waals surface area contributed by atoms with Gasteiger partial charge in [-0.05, 0) is 35.4 Å². The van der Waals surface area contributed by atoms with Gasteiger partial charge in [0.05, 0.1) is 49.6 Å². The normalized spacial score (nSPS) is 17.4. The van der Waals surface area contributed by atoms with Crippen LogP contribution in [0.2, 0.25) is 0 Å². The van der Waals surface area contributed by atoms with E-state index in [1.165, 1.54) is 24.3 Å². The third-order valence-electron chi connectivity index (χ3n) is 10.0.